The molecule has 1 heterocycles. The van der Waals surface area contributed by atoms with Crippen molar-refractivity contribution in [2.45, 2.75) is 44.6 Å². The monoisotopic (exact) mass is 335 g/mol. The lowest BCUT2D eigenvalue weighted by atomic mass is 9.99. The minimum Gasteiger partial charge on any atom is -0.273 e. The Hall–Kier alpha value is -1.66. The van der Waals surface area contributed by atoms with Crippen LogP contribution in [0, 0.1) is 6.92 Å². The van der Waals surface area contributed by atoms with Gasteiger partial charge in [-0.05, 0) is 37.0 Å². The molecule has 23 heavy (non-hydrogen) atoms. The Balaban J connectivity index is 2.21. The van der Waals surface area contributed by atoms with E-state index >= 15 is 0 Å². The maximum Gasteiger partial charge on any atom is 0.243 e. The third-order valence-electron chi connectivity index (χ3n) is 4.50. The predicted octanol–water partition coefficient (Wildman–Crippen LogP) is 3.06. The SMILES string of the molecule is CCC(C)c1ccc(S(=O)(=O)N(C)Cc2cnn(C)c2C)cc1. The van der Waals surface area contributed by atoms with Gasteiger partial charge in [0.2, 0.25) is 10.0 Å². The molecule has 0 fully saturated rings. The number of hydrogen-bond acceptors (Lipinski definition) is 3. The van der Waals surface area contributed by atoms with Crippen LogP contribution in [0.3, 0.4) is 0 Å². The van der Waals surface area contributed by atoms with Crippen molar-refractivity contribution >= 4 is 10.0 Å². The normalized spacial score (nSPS) is 13.5. The van der Waals surface area contributed by atoms with Gasteiger partial charge < -0.3 is 0 Å². The van der Waals surface area contributed by atoms with E-state index in [9.17, 15) is 8.42 Å². The minimum absolute atomic E-state index is 0.315. The number of hydrogen-bond donors (Lipinski definition) is 0. The smallest absolute Gasteiger partial charge is 0.243 e. The van der Waals surface area contributed by atoms with Gasteiger partial charge in [-0.3, -0.25) is 4.68 Å². The number of nitrogens with zero attached hydrogens (tertiary/aromatic N) is 3. The van der Waals surface area contributed by atoms with Gasteiger partial charge in [-0.2, -0.15) is 9.40 Å². The first kappa shape index (κ1) is 17.7. The fraction of sp³-hybridized carbons (Fsp3) is 0.471. The van der Waals surface area contributed by atoms with Gasteiger partial charge in [-0.15, -0.1) is 0 Å². The summed E-state index contributed by atoms with van der Waals surface area (Å²) < 4.78 is 28.5. The third kappa shape index (κ3) is 3.64. The van der Waals surface area contributed by atoms with E-state index in [2.05, 4.69) is 18.9 Å². The van der Waals surface area contributed by atoms with Crippen LogP contribution in [0.5, 0.6) is 0 Å². The Morgan fingerprint density at radius 3 is 2.35 bits per heavy atom. The van der Waals surface area contributed by atoms with Crippen molar-refractivity contribution < 1.29 is 8.42 Å². The lowest BCUT2D eigenvalue weighted by Crippen LogP contribution is -2.26. The molecule has 0 spiro atoms. The van der Waals surface area contributed by atoms with E-state index < -0.39 is 10.0 Å². The average molecular weight is 335 g/mol. The molecule has 0 aliphatic heterocycles. The molecule has 126 valence electrons. The molecule has 1 aromatic heterocycles. The Kier molecular flexibility index (Phi) is 5.26. The molecular weight excluding hydrogens is 310 g/mol. The van der Waals surface area contributed by atoms with Crippen molar-refractivity contribution in [2.75, 3.05) is 7.05 Å². The van der Waals surface area contributed by atoms with E-state index in [-0.39, 0.29) is 0 Å². The van der Waals surface area contributed by atoms with E-state index in [0.29, 0.717) is 17.4 Å². The van der Waals surface area contributed by atoms with Crippen LogP contribution >= 0.6 is 0 Å². The standard InChI is InChI=1S/C17H25N3O2S/c1-6-13(2)15-7-9-17(10-8-15)23(21,22)19(4)12-16-11-18-20(5)14(16)3/h7-11,13H,6,12H2,1-5H3. The zero-order chi connectivity index (χ0) is 17.2. The summed E-state index contributed by atoms with van der Waals surface area (Å²) in [5.41, 5.74) is 3.05. The molecule has 1 unspecified atom stereocenters. The maximum atomic E-state index is 12.7. The number of aryl methyl sites for hydroxylation is 1. The van der Waals surface area contributed by atoms with Crippen molar-refractivity contribution in [3.05, 3.63) is 47.3 Å². The van der Waals surface area contributed by atoms with Gasteiger partial charge in [0.1, 0.15) is 0 Å². The fourth-order valence-corrected chi connectivity index (χ4v) is 3.56. The molecule has 1 atom stereocenters. The van der Waals surface area contributed by atoms with Crippen LogP contribution in [-0.4, -0.2) is 29.6 Å². The van der Waals surface area contributed by atoms with Crippen LogP contribution in [-0.2, 0) is 23.6 Å². The fourth-order valence-electron chi connectivity index (χ4n) is 2.41. The molecular formula is C17H25N3O2S. The third-order valence-corrected chi connectivity index (χ3v) is 6.32. The highest BCUT2D eigenvalue weighted by Gasteiger charge is 2.22. The Bertz CT molecular complexity index is 764. The Labute approximate surface area is 139 Å². The van der Waals surface area contributed by atoms with E-state index in [1.165, 1.54) is 4.31 Å². The van der Waals surface area contributed by atoms with Gasteiger partial charge in [-0.1, -0.05) is 26.0 Å². The number of benzene rings is 1. The molecule has 0 N–H and O–H groups in total. The summed E-state index contributed by atoms with van der Waals surface area (Å²) in [5.74, 6) is 0.433. The average Bonchev–Trinajstić information content (AvgIpc) is 2.86. The zero-order valence-electron chi connectivity index (χ0n) is 14.4. The van der Waals surface area contributed by atoms with Gasteiger partial charge in [0.15, 0.2) is 0 Å². The molecule has 2 rings (SSSR count). The van der Waals surface area contributed by atoms with Crippen molar-refractivity contribution in [3.63, 3.8) is 0 Å². The topological polar surface area (TPSA) is 55.2 Å². The number of sulfonamides is 1. The molecule has 0 saturated heterocycles. The Morgan fingerprint density at radius 2 is 1.87 bits per heavy atom. The second-order valence-electron chi connectivity index (χ2n) is 6.02. The van der Waals surface area contributed by atoms with Crippen LogP contribution in [0.15, 0.2) is 35.4 Å². The van der Waals surface area contributed by atoms with Gasteiger partial charge in [-0.25, -0.2) is 8.42 Å². The summed E-state index contributed by atoms with van der Waals surface area (Å²) in [7, 11) is -0.0479. The first-order chi connectivity index (χ1) is 10.8. The minimum atomic E-state index is -3.50. The molecule has 0 aliphatic rings. The van der Waals surface area contributed by atoms with E-state index in [0.717, 1.165) is 23.2 Å². The van der Waals surface area contributed by atoms with Crippen LogP contribution in [0.4, 0.5) is 0 Å². The molecule has 1 aromatic carbocycles. The van der Waals surface area contributed by atoms with Crippen molar-refractivity contribution in [1.29, 1.82) is 0 Å². The summed E-state index contributed by atoms with van der Waals surface area (Å²) in [6, 6.07) is 7.21. The summed E-state index contributed by atoms with van der Waals surface area (Å²) in [4.78, 5) is 0.327. The van der Waals surface area contributed by atoms with E-state index in [1.54, 1.807) is 30.1 Å². The number of rotatable bonds is 6. The van der Waals surface area contributed by atoms with Crippen molar-refractivity contribution in [3.8, 4) is 0 Å². The molecule has 0 saturated carbocycles. The van der Waals surface area contributed by atoms with Gasteiger partial charge in [0.05, 0.1) is 11.1 Å². The van der Waals surface area contributed by atoms with E-state index in [1.807, 2.05) is 26.1 Å². The van der Waals surface area contributed by atoms with Crippen molar-refractivity contribution in [1.82, 2.24) is 14.1 Å². The summed E-state index contributed by atoms with van der Waals surface area (Å²) in [5, 5.41) is 4.16. The second kappa shape index (κ2) is 6.84. The highest BCUT2D eigenvalue weighted by atomic mass is 32.2. The number of aromatic nitrogens is 2. The van der Waals surface area contributed by atoms with Gasteiger partial charge >= 0.3 is 0 Å². The lowest BCUT2D eigenvalue weighted by molar-refractivity contribution is 0.465. The molecule has 0 radical (unpaired) electrons. The second-order valence-corrected chi connectivity index (χ2v) is 8.06. The molecule has 6 heteroatoms. The summed E-state index contributed by atoms with van der Waals surface area (Å²) >= 11 is 0. The Morgan fingerprint density at radius 1 is 1.26 bits per heavy atom. The summed E-state index contributed by atoms with van der Waals surface area (Å²) in [6.45, 7) is 6.51. The molecule has 0 bridgehead atoms. The van der Waals surface area contributed by atoms with Crippen LogP contribution in [0.25, 0.3) is 0 Å². The van der Waals surface area contributed by atoms with Crippen LogP contribution in [0.1, 0.15) is 43.0 Å². The quantitative estimate of drug-likeness (QED) is 0.815. The predicted molar refractivity (Wildman–Crippen MR) is 91.7 cm³/mol. The highest BCUT2D eigenvalue weighted by Crippen LogP contribution is 2.23. The first-order valence-corrected chi connectivity index (χ1v) is 9.25. The van der Waals surface area contributed by atoms with Gasteiger partial charge in [0.25, 0.3) is 0 Å². The summed E-state index contributed by atoms with van der Waals surface area (Å²) in [6.07, 6.45) is 2.75. The molecule has 0 amide bonds. The van der Waals surface area contributed by atoms with Gasteiger partial charge in [0, 0.05) is 31.9 Å². The van der Waals surface area contributed by atoms with Crippen molar-refractivity contribution in [2.24, 2.45) is 7.05 Å². The van der Waals surface area contributed by atoms with E-state index in [4.69, 9.17) is 0 Å². The molecule has 0 aliphatic carbocycles. The maximum absolute atomic E-state index is 12.7. The first-order valence-electron chi connectivity index (χ1n) is 7.81. The highest BCUT2D eigenvalue weighted by molar-refractivity contribution is 7.89. The van der Waals surface area contributed by atoms with Crippen LogP contribution < -0.4 is 0 Å². The molecule has 2 aromatic rings. The largest absolute Gasteiger partial charge is 0.273 e. The lowest BCUT2D eigenvalue weighted by Gasteiger charge is -2.18. The van der Waals surface area contributed by atoms with Crippen LogP contribution in [0.2, 0.25) is 0 Å². The zero-order valence-corrected chi connectivity index (χ0v) is 15.3. The molecule has 5 nitrogen and oxygen atoms in total.